The zero-order chi connectivity index (χ0) is 28.0. The van der Waals surface area contributed by atoms with Gasteiger partial charge in [-0.25, -0.2) is 8.42 Å². The Hall–Kier alpha value is -1.72. The molecule has 2 aliphatic rings. The smallest absolute Gasteiger partial charge is 0.261 e. The largest absolute Gasteiger partial charge is 0.304 e. The van der Waals surface area contributed by atoms with Gasteiger partial charge in [-0.2, -0.15) is 16.8 Å². The van der Waals surface area contributed by atoms with Gasteiger partial charge in [0, 0.05) is 47.7 Å². The number of nitrogens with one attached hydrogen (secondary N) is 1. The Balaban J connectivity index is 0.000000412. The summed E-state index contributed by atoms with van der Waals surface area (Å²) < 4.78 is 77.8. The number of piperazine rings is 1. The van der Waals surface area contributed by atoms with Crippen molar-refractivity contribution in [1.29, 1.82) is 0 Å². The monoisotopic (exact) mass is 595 g/mol. The molecule has 0 saturated carbocycles. The summed E-state index contributed by atoms with van der Waals surface area (Å²) in [6.45, 7) is 4.16. The topological polar surface area (TPSA) is 161 Å². The van der Waals surface area contributed by atoms with Crippen molar-refractivity contribution in [3.63, 3.8) is 0 Å². The van der Waals surface area contributed by atoms with Gasteiger partial charge < -0.3 is 4.90 Å². The fourth-order valence-electron chi connectivity index (χ4n) is 3.85. The first-order valence-electron chi connectivity index (χ1n) is 11.0. The lowest BCUT2D eigenvalue weighted by Gasteiger charge is -2.38. The van der Waals surface area contributed by atoms with Gasteiger partial charge in [-0.3, -0.25) is 18.7 Å². The number of hydrogen-bond acceptors (Lipinski definition) is 9. The Kier molecular flexibility index (Phi) is 11.0. The first-order valence-corrected chi connectivity index (χ1v) is 17.4. The Morgan fingerprint density at radius 2 is 1.38 bits per heavy atom. The fourth-order valence-corrected chi connectivity index (χ4v) is 5.52. The number of sulfonamides is 1. The molecule has 2 heterocycles. The van der Waals surface area contributed by atoms with E-state index < -0.39 is 30.3 Å². The van der Waals surface area contributed by atoms with Gasteiger partial charge in [0.15, 0.2) is 0 Å². The maximum Gasteiger partial charge on any atom is 0.261 e. The van der Waals surface area contributed by atoms with E-state index in [9.17, 15) is 25.3 Å². The summed E-state index contributed by atoms with van der Waals surface area (Å²) in [7, 11) is -8.46. The summed E-state index contributed by atoms with van der Waals surface area (Å²) in [6.07, 6.45) is 3.57. The maximum atomic E-state index is 11.7. The van der Waals surface area contributed by atoms with Crippen LogP contribution in [-0.2, 0) is 36.7 Å². The second kappa shape index (κ2) is 12.9. The van der Waals surface area contributed by atoms with Gasteiger partial charge in [-0.05, 0) is 48.9 Å². The van der Waals surface area contributed by atoms with Gasteiger partial charge in [0.1, 0.15) is 0 Å². The van der Waals surface area contributed by atoms with E-state index in [0.29, 0.717) is 18.2 Å². The maximum absolute atomic E-state index is 11.7. The van der Waals surface area contributed by atoms with Crippen molar-refractivity contribution >= 4 is 47.7 Å². The van der Waals surface area contributed by atoms with Crippen LogP contribution in [0.3, 0.4) is 0 Å². The summed E-state index contributed by atoms with van der Waals surface area (Å²) in [4.78, 5) is 7.41. The number of likely N-dealkylation sites (N-methyl/N-ethyl adjacent to an activating group) is 1. The molecule has 0 aliphatic carbocycles. The van der Waals surface area contributed by atoms with E-state index in [1.54, 1.807) is 11.8 Å². The normalized spacial score (nSPS) is 18.6. The zero-order valence-electron chi connectivity index (χ0n) is 21.0. The number of hydrogen-bond donors (Lipinski definition) is 3. The highest BCUT2D eigenvalue weighted by molar-refractivity contribution is 7.99. The number of anilines is 1. The lowest BCUT2D eigenvalue weighted by atomic mass is 9.96. The number of fused-ring (bicyclic) bond motifs is 2. The molecule has 3 N–H and O–H groups in total. The molecule has 0 bridgehead atoms. The lowest BCUT2D eigenvalue weighted by molar-refractivity contribution is 0.110. The van der Waals surface area contributed by atoms with Crippen molar-refractivity contribution in [2.45, 2.75) is 22.3 Å². The molecule has 0 aromatic heterocycles. The first-order chi connectivity index (χ1) is 16.9. The summed E-state index contributed by atoms with van der Waals surface area (Å²) in [5, 5.41) is 0. The Labute approximate surface area is 223 Å². The summed E-state index contributed by atoms with van der Waals surface area (Å²) in [5.74, 6) is 0. The third-order valence-corrected chi connectivity index (χ3v) is 7.07. The van der Waals surface area contributed by atoms with Crippen molar-refractivity contribution in [3.8, 4) is 0 Å². The highest BCUT2D eigenvalue weighted by Gasteiger charge is 2.29. The predicted octanol–water partition coefficient (Wildman–Crippen LogP) is 2.06. The second-order valence-electron chi connectivity index (χ2n) is 8.86. The molecule has 4 rings (SSSR count). The standard InChI is InChI=1S/C20H25N3O2S2.2CH4O3S/c1-22-9-11-23(12-10-22)18-13-15-5-3-4-6-19(15)26-20-8-7-16(14-17(18)20)21-27(2,24)25;2*1-5(2,3)4/h3-8,14,18,21H,9-13H2,1-2H3;2*1H3,(H,2,3,4). The van der Waals surface area contributed by atoms with Crippen LogP contribution in [-0.4, -0.2) is 96.2 Å². The molecule has 2 aromatic carbocycles. The predicted molar refractivity (Wildman–Crippen MR) is 146 cm³/mol. The van der Waals surface area contributed by atoms with Crippen LogP contribution >= 0.6 is 11.8 Å². The summed E-state index contributed by atoms with van der Waals surface area (Å²) >= 11 is 1.78. The molecule has 37 heavy (non-hydrogen) atoms. The van der Waals surface area contributed by atoms with Crippen LogP contribution in [0.25, 0.3) is 0 Å². The van der Waals surface area contributed by atoms with Crippen LogP contribution in [0.15, 0.2) is 52.3 Å². The molecule has 11 nitrogen and oxygen atoms in total. The van der Waals surface area contributed by atoms with Crippen LogP contribution in [0.1, 0.15) is 17.2 Å². The third kappa shape index (κ3) is 12.6. The molecular weight excluding hydrogens is 563 g/mol. The van der Waals surface area contributed by atoms with E-state index >= 15 is 0 Å². The number of rotatable bonds is 3. The molecule has 1 atom stereocenters. The number of benzene rings is 2. The molecule has 1 unspecified atom stereocenters. The van der Waals surface area contributed by atoms with Crippen LogP contribution in [0.2, 0.25) is 0 Å². The Morgan fingerprint density at radius 3 is 1.92 bits per heavy atom. The SMILES string of the molecule is CN1CCN(C2Cc3ccccc3Sc3ccc(NS(C)(=O)=O)cc32)CC1.CS(=O)(=O)O.CS(=O)(=O)O. The molecule has 1 saturated heterocycles. The van der Waals surface area contributed by atoms with Crippen LogP contribution in [0, 0.1) is 0 Å². The molecule has 0 amide bonds. The van der Waals surface area contributed by atoms with Crippen molar-refractivity contribution in [3.05, 3.63) is 53.6 Å². The quantitative estimate of drug-likeness (QED) is 0.446. The minimum atomic E-state index is -3.67. The highest BCUT2D eigenvalue weighted by Crippen LogP contribution is 2.43. The molecule has 208 valence electrons. The lowest BCUT2D eigenvalue weighted by Crippen LogP contribution is -2.46. The molecule has 2 aromatic rings. The first kappa shape index (κ1) is 31.5. The van der Waals surface area contributed by atoms with E-state index in [4.69, 9.17) is 9.11 Å². The van der Waals surface area contributed by atoms with Gasteiger partial charge in [0.05, 0.1) is 18.8 Å². The summed E-state index contributed by atoms with van der Waals surface area (Å²) in [6, 6.07) is 14.8. The van der Waals surface area contributed by atoms with Crippen molar-refractivity contribution < 1.29 is 34.4 Å². The van der Waals surface area contributed by atoms with Gasteiger partial charge in [0.2, 0.25) is 10.0 Å². The van der Waals surface area contributed by atoms with Crippen LogP contribution in [0.4, 0.5) is 5.69 Å². The molecular formula is C22H33N3O8S4. The summed E-state index contributed by atoms with van der Waals surface area (Å²) in [5.41, 5.74) is 3.22. The van der Waals surface area contributed by atoms with Crippen molar-refractivity contribution in [1.82, 2.24) is 9.80 Å². The van der Waals surface area contributed by atoms with Crippen molar-refractivity contribution in [2.75, 3.05) is 56.7 Å². The van der Waals surface area contributed by atoms with Crippen LogP contribution < -0.4 is 4.72 Å². The molecule has 15 heteroatoms. The molecule has 0 radical (unpaired) electrons. The van der Waals surface area contributed by atoms with Gasteiger partial charge in [-0.15, -0.1) is 0 Å². The average Bonchev–Trinajstić information content (AvgIpc) is 2.87. The Morgan fingerprint density at radius 1 is 0.838 bits per heavy atom. The van der Waals surface area contributed by atoms with Gasteiger partial charge >= 0.3 is 0 Å². The Bertz CT molecular complexity index is 1340. The van der Waals surface area contributed by atoms with E-state index in [2.05, 4.69) is 51.9 Å². The minimum Gasteiger partial charge on any atom is -0.304 e. The zero-order valence-corrected chi connectivity index (χ0v) is 24.3. The third-order valence-electron chi connectivity index (χ3n) is 5.26. The van der Waals surface area contributed by atoms with Crippen LogP contribution in [0.5, 0.6) is 0 Å². The van der Waals surface area contributed by atoms with Gasteiger partial charge in [0.25, 0.3) is 20.2 Å². The van der Waals surface area contributed by atoms with E-state index in [0.717, 1.165) is 32.6 Å². The van der Waals surface area contributed by atoms with Crippen molar-refractivity contribution in [2.24, 2.45) is 0 Å². The minimum absolute atomic E-state index is 0.256. The number of nitrogens with zero attached hydrogens (tertiary/aromatic N) is 2. The highest BCUT2D eigenvalue weighted by atomic mass is 32.2. The molecule has 2 aliphatic heterocycles. The van der Waals surface area contributed by atoms with E-state index in [1.165, 1.54) is 27.2 Å². The van der Waals surface area contributed by atoms with Gasteiger partial charge in [-0.1, -0.05) is 30.0 Å². The fraction of sp³-hybridized carbons (Fsp3) is 0.455. The van der Waals surface area contributed by atoms with E-state index in [-0.39, 0.29) is 6.04 Å². The van der Waals surface area contributed by atoms with E-state index in [1.807, 2.05) is 12.1 Å². The second-order valence-corrected chi connectivity index (χ2v) is 14.6. The molecule has 0 spiro atoms. The molecule has 1 fully saturated rings. The average molecular weight is 596 g/mol.